The maximum absolute atomic E-state index is 6.40. The highest BCUT2D eigenvalue weighted by molar-refractivity contribution is 4.75. The third-order valence-electron chi connectivity index (χ3n) is 5.34. The zero-order valence-electron chi connectivity index (χ0n) is 13.3. The molecule has 2 saturated carbocycles. The van der Waals surface area contributed by atoms with Crippen LogP contribution >= 0.6 is 0 Å². The van der Waals surface area contributed by atoms with Crippen LogP contribution in [0.3, 0.4) is 0 Å². The number of ether oxygens (including phenoxy) is 1. The molecule has 2 atom stereocenters. The first kappa shape index (κ1) is 16.3. The Labute approximate surface area is 125 Å². The van der Waals surface area contributed by atoms with Crippen LogP contribution in [0.2, 0.25) is 0 Å². The molecule has 2 rings (SSSR count). The second-order valence-corrected chi connectivity index (χ2v) is 7.06. The summed E-state index contributed by atoms with van der Waals surface area (Å²) in [6.45, 7) is 0.947. The molecule has 0 bridgehead atoms. The number of hydrogen-bond donors (Lipinski definition) is 1. The Morgan fingerprint density at radius 1 is 0.700 bits per heavy atom. The maximum Gasteiger partial charge on any atom is 0.0725 e. The standard InChI is InChI=1S/C18H35NO/c19-17-12-7-5-3-1-2-4-6-8-13-18(17)20-15-14-16-10-9-11-16/h16-18H,1-15,19H2. The van der Waals surface area contributed by atoms with E-state index in [1.807, 2.05) is 0 Å². The van der Waals surface area contributed by atoms with Crippen LogP contribution in [-0.4, -0.2) is 18.8 Å². The van der Waals surface area contributed by atoms with E-state index in [1.165, 1.54) is 83.5 Å². The van der Waals surface area contributed by atoms with Gasteiger partial charge in [-0.3, -0.25) is 0 Å². The van der Waals surface area contributed by atoms with E-state index in [4.69, 9.17) is 10.5 Å². The van der Waals surface area contributed by atoms with Crippen LogP contribution in [0.4, 0.5) is 0 Å². The van der Waals surface area contributed by atoms with E-state index in [0.717, 1.165) is 18.9 Å². The Balaban J connectivity index is 1.68. The minimum atomic E-state index is 0.274. The van der Waals surface area contributed by atoms with Gasteiger partial charge in [-0.05, 0) is 25.2 Å². The average molecular weight is 281 g/mol. The minimum Gasteiger partial charge on any atom is -0.377 e. The van der Waals surface area contributed by atoms with Gasteiger partial charge in [0, 0.05) is 12.6 Å². The summed E-state index contributed by atoms with van der Waals surface area (Å²) in [5.41, 5.74) is 6.40. The molecule has 0 amide bonds. The van der Waals surface area contributed by atoms with Crippen molar-refractivity contribution >= 4 is 0 Å². The first-order chi connectivity index (χ1) is 9.86. The van der Waals surface area contributed by atoms with Crippen LogP contribution in [0.25, 0.3) is 0 Å². The van der Waals surface area contributed by atoms with E-state index in [9.17, 15) is 0 Å². The molecule has 2 aliphatic rings. The molecule has 0 aromatic heterocycles. The van der Waals surface area contributed by atoms with E-state index >= 15 is 0 Å². The summed E-state index contributed by atoms with van der Waals surface area (Å²) >= 11 is 0. The van der Waals surface area contributed by atoms with Crippen molar-refractivity contribution in [3.05, 3.63) is 0 Å². The zero-order chi connectivity index (χ0) is 14.0. The fourth-order valence-corrected chi connectivity index (χ4v) is 3.56. The van der Waals surface area contributed by atoms with Gasteiger partial charge in [-0.2, -0.15) is 0 Å². The molecule has 2 nitrogen and oxygen atoms in total. The Kier molecular flexibility index (Phi) is 7.97. The minimum absolute atomic E-state index is 0.274. The van der Waals surface area contributed by atoms with E-state index in [1.54, 1.807) is 0 Å². The molecule has 0 heterocycles. The van der Waals surface area contributed by atoms with Crippen molar-refractivity contribution in [2.45, 2.75) is 102 Å². The molecule has 0 spiro atoms. The number of rotatable bonds is 4. The predicted octanol–water partition coefficient (Wildman–Crippen LogP) is 4.80. The van der Waals surface area contributed by atoms with Crippen molar-refractivity contribution in [2.24, 2.45) is 11.7 Å². The summed E-state index contributed by atoms with van der Waals surface area (Å²) in [5, 5.41) is 0. The molecule has 0 radical (unpaired) electrons. The Bertz CT molecular complexity index is 240. The Morgan fingerprint density at radius 3 is 1.90 bits per heavy atom. The van der Waals surface area contributed by atoms with Gasteiger partial charge in [-0.15, -0.1) is 0 Å². The van der Waals surface area contributed by atoms with Crippen LogP contribution in [-0.2, 0) is 4.74 Å². The summed E-state index contributed by atoms with van der Waals surface area (Å²) in [5.74, 6) is 0.956. The van der Waals surface area contributed by atoms with Crippen molar-refractivity contribution in [2.75, 3.05) is 6.61 Å². The highest BCUT2D eigenvalue weighted by atomic mass is 16.5. The van der Waals surface area contributed by atoms with Gasteiger partial charge < -0.3 is 10.5 Å². The van der Waals surface area contributed by atoms with Crippen LogP contribution in [0.1, 0.15) is 89.9 Å². The van der Waals surface area contributed by atoms with E-state index in [0.29, 0.717) is 6.10 Å². The smallest absolute Gasteiger partial charge is 0.0725 e. The summed E-state index contributed by atoms with van der Waals surface area (Å²) in [6, 6.07) is 0.274. The topological polar surface area (TPSA) is 35.2 Å². The third kappa shape index (κ3) is 6.13. The van der Waals surface area contributed by atoms with Crippen molar-refractivity contribution in [1.29, 1.82) is 0 Å². The third-order valence-corrected chi connectivity index (χ3v) is 5.34. The fraction of sp³-hybridized carbons (Fsp3) is 1.00. The molecule has 2 heteroatoms. The highest BCUT2D eigenvalue weighted by Crippen LogP contribution is 2.29. The molecule has 2 aliphatic carbocycles. The molecule has 0 saturated heterocycles. The average Bonchev–Trinajstić information content (AvgIpc) is 2.39. The van der Waals surface area contributed by atoms with Gasteiger partial charge in [-0.1, -0.05) is 70.6 Å². The summed E-state index contributed by atoms with van der Waals surface area (Å²) in [6.07, 6.45) is 19.2. The molecular formula is C18H35NO. The number of nitrogens with two attached hydrogens (primary N) is 1. The second kappa shape index (κ2) is 9.78. The SMILES string of the molecule is NC1CCCCCCCCCCC1OCCC1CCC1. The summed E-state index contributed by atoms with van der Waals surface area (Å²) in [4.78, 5) is 0. The molecule has 2 unspecified atom stereocenters. The highest BCUT2D eigenvalue weighted by Gasteiger charge is 2.21. The second-order valence-electron chi connectivity index (χ2n) is 7.06. The van der Waals surface area contributed by atoms with Crippen LogP contribution in [0.15, 0.2) is 0 Å². The summed E-state index contributed by atoms with van der Waals surface area (Å²) < 4.78 is 6.18. The lowest BCUT2D eigenvalue weighted by atomic mass is 9.83. The lowest BCUT2D eigenvalue weighted by Gasteiger charge is -2.28. The number of hydrogen-bond acceptors (Lipinski definition) is 2. The maximum atomic E-state index is 6.40. The van der Waals surface area contributed by atoms with E-state index in [-0.39, 0.29) is 6.04 Å². The molecule has 0 aromatic rings. The van der Waals surface area contributed by atoms with Gasteiger partial charge in [0.2, 0.25) is 0 Å². The zero-order valence-corrected chi connectivity index (χ0v) is 13.3. The monoisotopic (exact) mass is 281 g/mol. The Morgan fingerprint density at radius 2 is 1.30 bits per heavy atom. The van der Waals surface area contributed by atoms with Gasteiger partial charge in [-0.25, -0.2) is 0 Å². The van der Waals surface area contributed by atoms with Crippen molar-refractivity contribution < 1.29 is 4.74 Å². The first-order valence-electron chi connectivity index (χ1n) is 9.23. The molecule has 20 heavy (non-hydrogen) atoms. The molecule has 0 aliphatic heterocycles. The van der Waals surface area contributed by atoms with E-state index < -0.39 is 0 Å². The summed E-state index contributed by atoms with van der Waals surface area (Å²) in [7, 11) is 0. The normalized spacial score (nSPS) is 31.1. The fourth-order valence-electron chi connectivity index (χ4n) is 3.56. The lowest BCUT2D eigenvalue weighted by molar-refractivity contribution is 0.0136. The quantitative estimate of drug-likeness (QED) is 0.803. The molecule has 2 N–H and O–H groups in total. The van der Waals surface area contributed by atoms with Gasteiger partial charge in [0.25, 0.3) is 0 Å². The van der Waals surface area contributed by atoms with Crippen LogP contribution < -0.4 is 5.73 Å². The van der Waals surface area contributed by atoms with Crippen molar-refractivity contribution in [3.8, 4) is 0 Å². The Hall–Kier alpha value is -0.0800. The largest absolute Gasteiger partial charge is 0.377 e. The molecule has 2 fully saturated rings. The molecule has 0 aromatic carbocycles. The van der Waals surface area contributed by atoms with Crippen LogP contribution in [0, 0.1) is 5.92 Å². The van der Waals surface area contributed by atoms with E-state index in [2.05, 4.69) is 0 Å². The lowest BCUT2D eigenvalue weighted by Crippen LogP contribution is -2.37. The van der Waals surface area contributed by atoms with Gasteiger partial charge in [0.15, 0.2) is 0 Å². The van der Waals surface area contributed by atoms with Gasteiger partial charge >= 0.3 is 0 Å². The van der Waals surface area contributed by atoms with Gasteiger partial charge in [0.1, 0.15) is 0 Å². The van der Waals surface area contributed by atoms with Crippen molar-refractivity contribution in [3.63, 3.8) is 0 Å². The predicted molar refractivity (Wildman–Crippen MR) is 85.8 cm³/mol. The van der Waals surface area contributed by atoms with Crippen molar-refractivity contribution in [1.82, 2.24) is 0 Å². The van der Waals surface area contributed by atoms with Crippen LogP contribution in [0.5, 0.6) is 0 Å². The molecule has 118 valence electrons. The molecular weight excluding hydrogens is 246 g/mol. The van der Waals surface area contributed by atoms with Gasteiger partial charge in [0.05, 0.1) is 6.10 Å². The first-order valence-corrected chi connectivity index (χ1v) is 9.23.